The molecular formula is C11H21N3. The van der Waals surface area contributed by atoms with Gasteiger partial charge in [-0.1, -0.05) is 13.8 Å². The van der Waals surface area contributed by atoms with Crippen molar-refractivity contribution in [1.82, 2.24) is 15.1 Å². The van der Waals surface area contributed by atoms with Crippen molar-refractivity contribution >= 4 is 0 Å². The summed E-state index contributed by atoms with van der Waals surface area (Å²) in [6, 6.07) is 2.13. The number of aromatic nitrogens is 2. The van der Waals surface area contributed by atoms with E-state index in [2.05, 4.69) is 35.0 Å². The number of nitrogens with zero attached hydrogens (tertiary/aromatic N) is 2. The van der Waals surface area contributed by atoms with Gasteiger partial charge in [0.15, 0.2) is 0 Å². The summed E-state index contributed by atoms with van der Waals surface area (Å²) in [6.45, 7) is 7.54. The third kappa shape index (κ3) is 3.50. The zero-order valence-corrected chi connectivity index (χ0v) is 9.29. The van der Waals surface area contributed by atoms with Gasteiger partial charge in [0.2, 0.25) is 0 Å². The average molecular weight is 195 g/mol. The molecule has 1 heterocycles. The van der Waals surface area contributed by atoms with Gasteiger partial charge in [-0.05, 0) is 38.4 Å². The van der Waals surface area contributed by atoms with Crippen molar-refractivity contribution in [1.29, 1.82) is 0 Å². The first kappa shape index (κ1) is 11.2. The summed E-state index contributed by atoms with van der Waals surface area (Å²) in [5.74, 6) is 0. The Kier molecular flexibility index (Phi) is 5.30. The van der Waals surface area contributed by atoms with Crippen LogP contribution in [0.3, 0.4) is 0 Å². The minimum Gasteiger partial charge on any atom is -0.317 e. The molecule has 14 heavy (non-hydrogen) atoms. The van der Waals surface area contributed by atoms with Crippen LogP contribution in [0.15, 0.2) is 12.3 Å². The van der Waals surface area contributed by atoms with Crippen LogP contribution in [0.5, 0.6) is 0 Å². The molecule has 0 saturated heterocycles. The van der Waals surface area contributed by atoms with Crippen LogP contribution in [0.25, 0.3) is 0 Å². The van der Waals surface area contributed by atoms with Gasteiger partial charge >= 0.3 is 0 Å². The predicted molar refractivity (Wildman–Crippen MR) is 59.4 cm³/mol. The van der Waals surface area contributed by atoms with Gasteiger partial charge in [-0.3, -0.25) is 4.68 Å². The quantitative estimate of drug-likeness (QED) is 0.673. The molecular weight excluding hydrogens is 174 g/mol. The van der Waals surface area contributed by atoms with E-state index in [4.69, 9.17) is 0 Å². The molecule has 1 rings (SSSR count). The van der Waals surface area contributed by atoms with Gasteiger partial charge < -0.3 is 5.32 Å². The lowest BCUT2D eigenvalue weighted by Crippen LogP contribution is -2.15. The fourth-order valence-corrected chi connectivity index (χ4v) is 1.56. The maximum absolute atomic E-state index is 4.30. The Labute approximate surface area is 86.5 Å². The Morgan fingerprint density at radius 3 is 3.00 bits per heavy atom. The smallest absolute Gasteiger partial charge is 0.0492 e. The molecule has 1 aromatic heterocycles. The number of nitrogens with one attached hydrogen (secondary N) is 1. The molecule has 0 aliphatic rings. The van der Waals surface area contributed by atoms with E-state index in [9.17, 15) is 0 Å². The Morgan fingerprint density at radius 2 is 2.29 bits per heavy atom. The zero-order valence-electron chi connectivity index (χ0n) is 9.29. The lowest BCUT2D eigenvalue weighted by molar-refractivity contribution is 0.560. The van der Waals surface area contributed by atoms with Crippen molar-refractivity contribution in [3.8, 4) is 0 Å². The molecule has 1 aromatic rings. The summed E-state index contributed by atoms with van der Waals surface area (Å²) < 4.78 is 2.12. The highest BCUT2D eigenvalue weighted by Crippen LogP contribution is 2.03. The van der Waals surface area contributed by atoms with Gasteiger partial charge in [0.25, 0.3) is 0 Å². The highest BCUT2D eigenvalue weighted by molar-refractivity contribution is 5.00. The van der Waals surface area contributed by atoms with E-state index in [0.717, 1.165) is 32.5 Å². The van der Waals surface area contributed by atoms with Crippen LogP contribution < -0.4 is 5.32 Å². The van der Waals surface area contributed by atoms with Crippen molar-refractivity contribution in [3.63, 3.8) is 0 Å². The van der Waals surface area contributed by atoms with Gasteiger partial charge in [-0.25, -0.2) is 0 Å². The standard InChI is InChI=1S/C11H21N3/c1-3-10-14-11(7-9-13-14)6-5-8-12-4-2/h7,9,12H,3-6,8,10H2,1-2H3. The predicted octanol–water partition coefficient (Wildman–Crippen LogP) is 1.84. The first-order chi connectivity index (χ1) is 6.88. The molecule has 0 aromatic carbocycles. The number of hydrogen-bond acceptors (Lipinski definition) is 2. The Hall–Kier alpha value is -0.830. The van der Waals surface area contributed by atoms with Gasteiger partial charge in [0.1, 0.15) is 0 Å². The summed E-state index contributed by atoms with van der Waals surface area (Å²) in [5, 5.41) is 7.63. The van der Waals surface area contributed by atoms with E-state index < -0.39 is 0 Å². The second-order valence-corrected chi connectivity index (χ2v) is 3.50. The summed E-state index contributed by atoms with van der Waals surface area (Å²) in [6.07, 6.45) is 5.39. The van der Waals surface area contributed by atoms with Crippen LogP contribution >= 0.6 is 0 Å². The van der Waals surface area contributed by atoms with Crippen molar-refractivity contribution in [3.05, 3.63) is 18.0 Å². The maximum atomic E-state index is 4.30. The van der Waals surface area contributed by atoms with Crippen LogP contribution in [0, 0.1) is 0 Å². The number of hydrogen-bond donors (Lipinski definition) is 1. The van der Waals surface area contributed by atoms with Crippen LogP contribution in [-0.4, -0.2) is 22.9 Å². The third-order valence-corrected chi connectivity index (χ3v) is 2.28. The SMILES string of the molecule is CCCn1nccc1CCCNCC. The monoisotopic (exact) mass is 195 g/mol. The molecule has 0 amide bonds. The van der Waals surface area contributed by atoms with E-state index in [1.165, 1.54) is 12.1 Å². The second kappa shape index (κ2) is 6.60. The molecule has 0 fully saturated rings. The van der Waals surface area contributed by atoms with E-state index in [1.54, 1.807) is 0 Å². The molecule has 0 saturated carbocycles. The topological polar surface area (TPSA) is 29.9 Å². The zero-order chi connectivity index (χ0) is 10.2. The first-order valence-corrected chi connectivity index (χ1v) is 5.59. The summed E-state index contributed by atoms with van der Waals surface area (Å²) >= 11 is 0. The van der Waals surface area contributed by atoms with Gasteiger partial charge in [-0.15, -0.1) is 0 Å². The van der Waals surface area contributed by atoms with Gasteiger partial charge in [0.05, 0.1) is 0 Å². The van der Waals surface area contributed by atoms with Crippen molar-refractivity contribution in [2.45, 2.75) is 39.7 Å². The normalized spacial score (nSPS) is 10.7. The number of aryl methyl sites for hydroxylation is 2. The molecule has 80 valence electrons. The highest BCUT2D eigenvalue weighted by Gasteiger charge is 2.00. The fourth-order valence-electron chi connectivity index (χ4n) is 1.56. The molecule has 0 radical (unpaired) electrons. The average Bonchev–Trinajstić information content (AvgIpc) is 2.61. The Morgan fingerprint density at radius 1 is 1.43 bits per heavy atom. The second-order valence-electron chi connectivity index (χ2n) is 3.50. The fraction of sp³-hybridized carbons (Fsp3) is 0.727. The lowest BCUT2D eigenvalue weighted by Gasteiger charge is -2.05. The summed E-state index contributed by atoms with van der Waals surface area (Å²) in [5.41, 5.74) is 1.37. The van der Waals surface area contributed by atoms with Crippen LogP contribution in [0.1, 0.15) is 32.4 Å². The first-order valence-electron chi connectivity index (χ1n) is 5.59. The van der Waals surface area contributed by atoms with Crippen molar-refractivity contribution < 1.29 is 0 Å². The molecule has 0 aliphatic carbocycles. The molecule has 0 bridgehead atoms. The van der Waals surface area contributed by atoms with Crippen LogP contribution in [-0.2, 0) is 13.0 Å². The van der Waals surface area contributed by atoms with E-state index >= 15 is 0 Å². The van der Waals surface area contributed by atoms with E-state index in [0.29, 0.717) is 0 Å². The minimum atomic E-state index is 1.05. The molecule has 0 atom stereocenters. The van der Waals surface area contributed by atoms with E-state index in [1.807, 2.05) is 6.20 Å². The molecule has 0 aliphatic heterocycles. The van der Waals surface area contributed by atoms with Crippen molar-refractivity contribution in [2.24, 2.45) is 0 Å². The summed E-state index contributed by atoms with van der Waals surface area (Å²) in [7, 11) is 0. The van der Waals surface area contributed by atoms with Crippen molar-refractivity contribution in [2.75, 3.05) is 13.1 Å². The third-order valence-electron chi connectivity index (χ3n) is 2.28. The highest BCUT2D eigenvalue weighted by atomic mass is 15.3. The maximum Gasteiger partial charge on any atom is 0.0492 e. The molecule has 3 nitrogen and oxygen atoms in total. The van der Waals surface area contributed by atoms with Crippen LogP contribution in [0.2, 0.25) is 0 Å². The Balaban J connectivity index is 2.30. The van der Waals surface area contributed by atoms with Gasteiger partial charge in [-0.2, -0.15) is 5.10 Å². The molecule has 1 N–H and O–H groups in total. The molecule has 0 spiro atoms. The summed E-state index contributed by atoms with van der Waals surface area (Å²) in [4.78, 5) is 0. The van der Waals surface area contributed by atoms with E-state index in [-0.39, 0.29) is 0 Å². The lowest BCUT2D eigenvalue weighted by atomic mass is 10.2. The largest absolute Gasteiger partial charge is 0.317 e. The Bertz CT molecular complexity index is 242. The van der Waals surface area contributed by atoms with Gasteiger partial charge in [0, 0.05) is 18.4 Å². The minimum absolute atomic E-state index is 1.05. The molecule has 0 unspecified atom stereocenters. The number of rotatable bonds is 7. The van der Waals surface area contributed by atoms with Crippen LogP contribution in [0.4, 0.5) is 0 Å². The molecule has 3 heteroatoms.